The van der Waals surface area contributed by atoms with Crippen molar-refractivity contribution in [1.82, 2.24) is 0 Å². The van der Waals surface area contributed by atoms with Crippen LogP contribution >= 0.6 is 0 Å². The molecule has 0 amide bonds. The van der Waals surface area contributed by atoms with Gasteiger partial charge in [-0.15, -0.1) is 0 Å². The molecule has 0 spiro atoms. The van der Waals surface area contributed by atoms with Crippen LogP contribution in [0.25, 0.3) is 0 Å². The summed E-state index contributed by atoms with van der Waals surface area (Å²) in [5.41, 5.74) is 8.17. The molecule has 0 saturated carbocycles. The molecular formula is C13H19NO2. The maximum Gasteiger partial charge on any atom is 0.303 e. The number of carbonyl (C=O) groups is 1. The van der Waals surface area contributed by atoms with E-state index in [1.807, 2.05) is 24.3 Å². The van der Waals surface area contributed by atoms with Gasteiger partial charge in [-0.1, -0.05) is 38.1 Å². The molecule has 0 aliphatic carbocycles. The highest BCUT2D eigenvalue weighted by molar-refractivity contribution is 5.67. The van der Waals surface area contributed by atoms with Crippen molar-refractivity contribution >= 4 is 5.97 Å². The highest BCUT2D eigenvalue weighted by Gasteiger charge is 2.09. The fraction of sp³-hybridized carbons (Fsp3) is 0.462. The number of aryl methyl sites for hydroxylation is 1. The van der Waals surface area contributed by atoms with Gasteiger partial charge in [-0.05, 0) is 23.5 Å². The Bertz CT molecular complexity index is 343. The van der Waals surface area contributed by atoms with Crippen molar-refractivity contribution in [2.24, 2.45) is 11.7 Å². The Morgan fingerprint density at radius 2 is 1.88 bits per heavy atom. The van der Waals surface area contributed by atoms with Crippen molar-refractivity contribution in [1.29, 1.82) is 0 Å². The van der Waals surface area contributed by atoms with Gasteiger partial charge in [0.15, 0.2) is 0 Å². The number of nitrogens with two attached hydrogens (primary N) is 1. The van der Waals surface area contributed by atoms with Gasteiger partial charge in [-0.3, -0.25) is 4.79 Å². The molecule has 0 saturated heterocycles. The maximum atomic E-state index is 10.4. The van der Waals surface area contributed by atoms with E-state index in [4.69, 9.17) is 10.8 Å². The van der Waals surface area contributed by atoms with Crippen LogP contribution in [0.1, 0.15) is 37.4 Å². The minimum atomic E-state index is -0.761. The van der Waals surface area contributed by atoms with Gasteiger partial charge in [0.1, 0.15) is 0 Å². The quantitative estimate of drug-likeness (QED) is 0.802. The number of aliphatic carboxylic acids is 1. The lowest BCUT2D eigenvalue weighted by molar-refractivity contribution is -0.136. The van der Waals surface area contributed by atoms with Crippen molar-refractivity contribution < 1.29 is 9.90 Å². The van der Waals surface area contributed by atoms with Crippen LogP contribution in [0.15, 0.2) is 24.3 Å². The van der Waals surface area contributed by atoms with E-state index in [2.05, 4.69) is 13.8 Å². The normalized spacial score (nSPS) is 12.8. The lowest BCUT2D eigenvalue weighted by Gasteiger charge is -2.16. The maximum absolute atomic E-state index is 10.4. The summed E-state index contributed by atoms with van der Waals surface area (Å²) in [5.74, 6) is -0.354. The minimum absolute atomic E-state index is 0.0496. The van der Waals surface area contributed by atoms with Crippen molar-refractivity contribution in [2.75, 3.05) is 0 Å². The number of carboxylic acids is 1. The second-order valence-corrected chi connectivity index (χ2v) is 4.41. The number of hydrogen-bond acceptors (Lipinski definition) is 2. The first-order valence-corrected chi connectivity index (χ1v) is 5.57. The molecule has 1 atom stereocenters. The molecule has 0 aliphatic heterocycles. The molecule has 3 heteroatoms. The third kappa shape index (κ3) is 3.66. The van der Waals surface area contributed by atoms with E-state index in [0.717, 1.165) is 11.1 Å². The molecule has 88 valence electrons. The van der Waals surface area contributed by atoms with Crippen molar-refractivity contribution in [3.63, 3.8) is 0 Å². The summed E-state index contributed by atoms with van der Waals surface area (Å²) in [6.07, 6.45) is 0.752. The van der Waals surface area contributed by atoms with Crippen molar-refractivity contribution in [2.45, 2.75) is 32.7 Å². The van der Waals surface area contributed by atoms with E-state index in [1.54, 1.807) is 0 Å². The zero-order valence-corrected chi connectivity index (χ0v) is 9.81. The van der Waals surface area contributed by atoms with E-state index in [0.29, 0.717) is 12.3 Å². The Morgan fingerprint density at radius 1 is 1.31 bits per heavy atom. The molecule has 16 heavy (non-hydrogen) atoms. The summed E-state index contributed by atoms with van der Waals surface area (Å²) in [5, 5.41) is 8.57. The average molecular weight is 221 g/mol. The predicted octanol–water partition coefficient (Wildman–Crippen LogP) is 2.36. The smallest absolute Gasteiger partial charge is 0.303 e. The van der Waals surface area contributed by atoms with E-state index in [9.17, 15) is 4.79 Å². The SMILES string of the molecule is CC(C)C(N)c1ccc(CCC(=O)O)cc1. The molecule has 0 aromatic heterocycles. The van der Waals surface area contributed by atoms with Gasteiger partial charge in [-0.2, -0.15) is 0 Å². The van der Waals surface area contributed by atoms with Crippen LogP contribution in [-0.2, 0) is 11.2 Å². The van der Waals surface area contributed by atoms with Crippen LogP contribution in [0, 0.1) is 5.92 Å². The van der Waals surface area contributed by atoms with E-state index < -0.39 is 5.97 Å². The van der Waals surface area contributed by atoms with Crippen molar-refractivity contribution in [3.05, 3.63) is 35.4 Å². The molecule has 1 aromatic rings. The first-order valence-electron chi connectivity index (χ1n) is 5.57. The molecule has 3 nitrogen and oxygen atoms in total. The van der Waals surface area contributed by atoms with Crippen LogP contribution in [0.3, 0.4) is 0 Å². The second kappa shape index (κ2) is 5.66. The molecule has 1 aromatic carbocycles. The molecule has 0 heterocycles. The monoisotopic (exact) mass is 221 g/mol. The van der Waals surface area contributed by atoms with Gasteiger partial charge in [-0.25, -0.2) is 0 Å². The fourth-order valence-corrected chi connectivity index (χ4v) is 1.54. The van der Waals surface area contributed by atoms with Crippen LogP contribution in [0.5, 0.6) is 0 Å². The predicted molar refractivity (Wildman–Crippen MR) is 64.2 cm³/mol. The Balaban J connectivity index is 2.64. The summed E-state index contributed by atoms with van der Waals surface area (Å²) in [6, 6.07) is 7.94. The molecule has 0 aliphatic rings. The molecule has 3 N–H and O–H groups in total. The summed E-state index contributed by atoms with van der Waals surface area (Å²) in [6.45, 7) is 4.17. The fourth-order valence-electron chi connectivity index (χ4n) is 1.54. The van der Waals surface area contributed by atoms with E-state index in [1.165, 1.54) is 0 Å². The third-order valence-corrected chi connectivity index (χ3v) is 2.71. The highest BCUT2D eigenvalue weighted by Crippen LogP contribution is 2.19. The summed E-state index contributed by atoms with van der Waals surface area (Å²) >= 11 is 0. The molecule has 0 bridgehead atoms. The summed E-state index contributed by atoms with van der Waals surface area (Å²) < 4.78 is 0. The molecule has 1 rings (SSSR count). The van der Waals surface area contributed by atoms with Crippen molar-refractivity contribution in [3.8, 4) is 0 Å². The summed E-state index contributed by atoms with van der Waals surface area (Å²) in [7, 11) is 0. The third-order valence-electron chi connectivity index (χ3n) is 2.71. The standard InChI is InChI=1S/C13H19NO2/c1-9(2)13(14)11-6-3-10(4-7-11)5-8-12(15)16/h3-4,6-7,9,13H,5,8,14H2,1-2H3,(H,15,16). The van der Waals surface area contributed by atoms with Gasteiger partial charge >= 0.3 is 5.97 Å². The molecule has 0 radical (unpaired) electrons. The van der Waals surface area contributed by atoms with Gasteiger partial charge in [0.05, 0.1) is 0 Å². The zero-order chi connectivity index (χ0) is 12.1. The zero-order valence-electron chi connectivity index (χ0n) is 9.81. The van der Waals surface area contributed by atoms with E-state index >= 15 is 0 Å². The number of carboxylic acid groups (broad SMARTS) is 1. The van der Waals surface area contributed by atoms with Gasteiger partial charge in [0, 0.05) is 12.5 Å². The molecular weight excluding hydrogens is 202 g/mol. The van der Waals surface area contributed by atoms with E-state index in [-0.39, 0.29) is 12.5 Å². The largest absolute Gasteiger partial charge is 0.481 e. The lowest BCUT2D eigenvalue weighted by Crippen LogP contribution is -2.16. The van der Waals surface area contributed by atoms with Crippen LogP contribution in [0.2, 0.25) is 0 Å². The Labute approximate surface area is 96.3 Å². The molecule has 1 unspecified atom stereocenters. The number of rotatable bonds is 5. The second-order valence-electron chi connectivity index (χ2n) is 4.41. The number of hydrogen-bond donors (Lipinski definition) is 2. The molecule has 0 fully saturated rings. The first-order chi connectivity index (χ1) is 7.50. The van der Waals surface area contributed by atoms with Gasteiger partial charge in [0.2, 0.25) is 0 Å². The Kier molecular flexibility index (Phi) is 4.50. The Hall–Kier alpha value is -1.35. The van der Waals surface area contributed by atoms with Crippen LogP contribution in [0.4, 0.5) is 0 Å². The topological polar surface area (TPSA) is 63.3 Å². The van der Waals surface area contributed by atoms with Crippen LogP contribution in [-0.4, -0.2) is 11.1 Å². The minimum Gasteiger partial charge on any atom is -0.481 e. The summed E-state index contributed by atoms with van der Waals surface area (Å²) in [4.78, 5) is 10.4. The number of benzene rings is 1. The Morgan fingerprint density at radius 3 is 2.31 bits per heavy atom. The van der Waals surface area contributed by atoms with Gasteiger partial charge in [0.25, 0.3) is 0 Å². The van der Waals surface area contributed by atoms with Crippen LogP contribution < -0.4 is 5.73 Å². The highest BCUT2D eigenvalue weighted by atomic mass is 16.4. The van der Waals surface area contributed by atoms with Gasteiger partial charge < -0.3 is 10.8 Å². The average Bonchev–Trinajstić information content (AvgIpc) is 2.26. The lowest BCUT2D eigenvalue weighted by atomic mass is 9.95. The first kappa shape index (κ1) is 12.7.